The van der Waals surface area contributed by atoms with Gasteiger partial charge in [0.25, 0.3) is 5.91 Å². The summed E-state index contributed by atoms with van der Waals surface area (Å²) < 4.78 is 4.64. The highest BCUT2D eigenvalue weighted by Crippen LogP contribution is 2.34. The summed E-state index contributed by atoms with van der Waals surface area (Å²) in [4.78, 5) is 26.2. The van der Waals surface area contributed by atoms with Crippen LogP contribution in [0.3, 0.4) is 0 Å². The van der Waals surface area contributed by atoms with Crippen LogP contribution in [0.5, 0.6) is 5.06 Å². The van der Waals surface area contributed by atoms with Crippen molar-refractivity contribution in [1.29, 1.82) is 0 Å². The van der Waals surface area contributed by atoms with E-state index in [0.29, 0.717) is 21.6 Å². The molecule has 0 saturated carbocycles. The number of thiophene rings is 1. The molecule has 10 heteroatoms. The van der Waals surface area contributed by atoms with Crippen molar-refractivity contribution < 1.29 is 19.4 Å². The molecule has 1 aromatic carbocycles. The number of benzene rings is 1. The molecule has 3 aromatic rings. The monoisotopic (exact) mass is 401 g/mol. The fourth-order valence-corrected chi connectivity index (χ4v) is 3.94. The summed E-state index contributed by atoms with van der Waals surface area (Å²) in [7, 11) is 0. The van der Waals surface area contributed by atoms with Crippen molar-refractivity contribution in [2.75, 3.05) is 31.5 Å². The summed E-state index contributed by atoms with van der Waals surface area (Å²) in [5.74, 6) is 0.0513. The summed E-state index contributed by atoms with van der Waals surface area (Å²) in [6.07, 6.45) is -1.39. The van der Waals surface area contributed by atoms with E-state index >= 15 is 0 Å². The molecule has 3 heterocycles. The maximum Gasteiger partial charge on any atom is 0.512 e. The number of carboxylic acid groups (broad SMARTS) is 1. The molecule has 0 bridgehead atoms. The lowest BCUT2D eigenvalue weighted by molar-refractivity contribution is 0.102. The van der Waals surface area contributed by atoms with Gasteiger partial charge in [0.2, 0.25) is 0 Å². The molecule has 0 radical (unpaired) electrons. The smallest absolute Gasteiger partial charge is 0.449 e. The zero-order valence-electron chi connectivity index (χ0n) is 14.9. The van der Waals surface area contributed by atoms with Crippen LogP contribution in [0.4, 0.5) is 10.6 Å². The van der Waals surface area contributed by atoms with E-state index in [1.807, 2.05) is 12.1 Å². The highest BCUT2D eigenvalue weighted by molar-refractivity contribution is 7.20. The fourth-order valence-electron chi connectivity index (χ4n) is 3.09. The third-order valence-corrected chi connectivity index (χ3v) is 5.40. The first-order chi connectivity index (χ1) is 13.6. The fraction of sp³-hybridized carbons (Fsp3) is 0.278. The second-order valence-electron chi connectivity index (χ2n) is 6.43. The number of hydrogen-bond acceptors (Lipinski definition) is 7. The molecule has 2 aromatic heterocycles. The van der Waals surface area contributed by atoms with Crippen molar-refractivity contribution in [2.45, 2.75) is 6.54 Å². The molecule has 0 atom stereocenters. The number of nitrogens with one attached hydrogen (secondary N) is 3. The summed E-state index contributed by atoms with van der Waals surface area (Å²) in [6.45, 7) is 4.91. The number of hydrogen-bond donors (Lipinski definition) is 4. The van der Waals surface area contributed by atoms with Gasteiger partial charge in [-0.2, -0.15) is 5.10 Å². The molecule has 28 heavy (non-hydrogen) atoms. The van der Waals surface area contributed by atoms with E-state index in [4.69, 9.17) is 5.11 Å². The number of rotatable bonds is 5. The van der Waals surface area contributed by atoms with Gasteiger partial charge < -0.3 is 20.5 Å². The second kappa shape index (κ2) is 7.97. The van der Waals surface area contributed by atoms with Crippen LogP contribution in [0.15, 0.2) is 30.3 Å². The van der Waals surface area contributed by atoms with Crippen LogP contribution >= 0.6 is 11.3 Å². The summed E-state index contributed by atoms with van der Waals surface area (Å²) in [6, 6.07) is 9.04. The van der Waals surface area contributed by atoms with Crippen LogP contribution in [0, 0.1) is 0 Å². The lowest BCUT2D eigenvalue weighted by atomic mass is 10.1. The number of amides is 1. The summed E-state index contributed by atoms with van der Waals surface area (Å²) >= 11 is 1.11. The average Bonchev–Trinajstić information content (AvgIpc) is 3.24. The molecule has 1 saturated heterocycles. The molecule has 4 N–H and O–H groups in total. The third-order valence-electron chi connectivity index (χ3n) is 4.49. The zero-order chi connectivity index (χ0) is 19.5. The van der Waals surface area contributed by atoms with E-state index in [-0.39, 0.29) is 11.0 Å². The average molecular weight is 401 g/mol. The maximum absolute atomic E-state index is 12.5. The van der Waals surface area contributed by atoms with Crippen LogP contribution in [0.25, 0.3) is 10.2 Å². The Hall–Kier alpha value is -2.95. The van der Waals surface area contributed by atoms with Crippen molar-refractivity contribution in [2.24, 2.45) is 0 Å². The predicted molar refractivity (Wildman–Crippen MR) is 105 cm³/mol. The van der Waals surface area contributed by atoms with Crippen molar-refractivity contribution in [3.05, 3.63) is 41.5 Å². The number of anilines is 1. The normalized spacial score (nSPS) is 14.9. The first-order valence-corrected chi connectivity index (χ1v) is 9.62. The van der Waals surface area contributed by atoms with Gasteiger partial charge in [0.1, 0.15) is 4.83 Å². The molecule has 4 rings (SSSR count). The summed E-state index contributed by atoms with van der Waals surface area (Å²) in [5, 5.41) is 22.4. The van der Waals surface area contributed by atoms with Crippen LogP contribution in [-0.2, 0) is 6.54 Å². The molecule has 0 unspecified atom stereocenters. The van der Waals surface area contributed by atoms with Gasteiger partial charge >= 0.3 is 6.16 Å². The molecule has 1 aliphatic rings. The lowest BCUT2D eigenvalue weighted by Crippen LogP contribution is -2.42. The Balaban J connectivity index is 1.42. The van der Waals surface area contributed by atoms with Crippen LogP contribution < -0.4 is 15.4 Å². The molecule has 1 fully saturated rings. The van der Waals surface area contributed by atoms with Gasteiger partial charge in [-0.25, -0.2) is 4.79 Å². The molecular weight excluding hydrogens is 382 g/mol. The summed E-state index contributed by atoms with van der Waals surface area (Å²) in [5.41, 5.74) is 1.69. The topological polar surface area (TPSA) is 120 Å². The van der Waals surface area contributed by atoms with E-state index < -0.39 is 6.16 Å². The van der Waals surface area contributed by atoms with Crippen molar-refractivity contribution in [1.82, 2.24) is 20.4 Å². The van der Waals surface area contributed by atoms with Crippen LogP contribution in [0.1, 0.15) is 15.9 Å². The standard InChI is InChI=1S/C18H19N5O4S/c24-16(12-3-1-11(2-4-12)10-23-7-5-19-6-8-23)20-15-13-9-14(27-18(25)26)28-17(13)22-21-15/h1-4,9,19H,5-8,10H2,(H,25,26)(H2,20,21,22,24). The van der Waals surface area contributed by atoms with E-state index in [1.54, 1.807) is 12.1 Å². The minimum Gasteiger partial charge on any atom is -0.449 e. The zero-order valence-corrected chi connectivity index (χ0v) is 15.7. The molecule has 1 amide bonds. The number of aromatic nitrogens is 2. The van der Waals surface area contributed by atoms with Gasteiger partial charge in [-0.3, -0.25) is 14.8 Å². The van der Waals surface area contributed by atoms with Crippen molar-refractivity contribution in [3.63, 3.8) is 0 Å². The Morgan fingerprint density at radius 1 is 1.25 bits per heavy atom. The molecule has 9 nitrogen and oxygen atoms in total. The number of carbonyl (C=O) groups excluding carboxylic acids is 1. The molecule has 0 aliphatic carbocycles. The highest BCUT2D eigenvalue weighted by Gasteiger charge is 2.16. The number of H-pyrrole nitrogens is 1. The first-order valence-electron chi connectivity index (χ1n) is 8.80. The van der Waals surface area contributed by atoms with Crippen molar-refractivity contribution >= 4 is 39.4 Å². The SMILES string of the molecule is O=C(O)Oc1cc2c(NC(=O)c3ccc(CN4CCNCC4)cc3)n[nH]c2s1. The lowest BCUT2D eigenvalue weighted by Gasteiger charge is -2.27. The Morgan fingerprint density at radius 2 is 2.00 bits per heavy atom. The van der Waals surface area contributed by atoms with E-state index in [2.05, 4.69) is 30.5 Å². The Labute approximate surface area is 164 Å². The Morgan fingerprint density at radius 3 is 2.71 bits per heavy atom. The number of nitrogens with zero attached hydrogens (tertiary/aromatic N) is 2. The van der Waals surface area contributed by atoms with Gasteiger partial charge in [-0.1, -0.05) is 23.5 Å². The van der Waals surface area contributed by atoms with Gasteiger partial charge in [0.15, 0.2) is 10.9 Å². The minimum absolute atomic E-state index is 0.212. The van der Waals surface area contributed by atoms with E-state index in [0.717, 1.165) is 49.6 Å². The van der Waals surface area contributed by atoms with E-state index in [1.165, 1.54) is 6.07 Å². The maximum atomic E-state index is 12.5. The number of carbonyl (C=O) groups is 2. The minimum atomic E-state index is -1.39. The van der Waals surface area contributed by atoms with Crippen molar-refractivity contribution in [3.8, 4) is 5.06 Å². The number of piperazine rings is 1. The Bertz CT molecular complexity index is 991. The van der Waals surface area contributed by atoms with Crippen LogP contribution in [0.2, 0.25) is 0 Å². The highest BCUT2D eigenvalue weighted by atomic mass is 32.1. The second-order valence-corrected chi connectivity index (χ2v) is 7.44. The number of fused-ring (bicyclic) bond motifs is 1. The van der Waals surface area contributed by atoms with Gasteiger partial charge in [-0.05, 0) is 17.7 Å². The number of ether oxygens (including phenoxy) is 1. The largest absolute Gasteiger partial charge is 0.512 e. The molecule has 146 valence electrons. The van der Waals surface area contributed by atoms with Crippen LogP contribution in [-0.4, -0.2) is 58.4 Å². The van der Waals surface area contributed by atoms with Gasteiger partial charge in [0.05, 0.1) is 5.39 Å². The Kier molecular flexibility index (Phi) is 5.24. The van der Waals surface area contributed by atoms with Gasteiger partial charge in [-0.15, -0.1) is 0 Å². The molecule has 1 aliphatic heterocycles. The quantitative estimate of drug-likeness (QED) is 0.485. The predicted octanol–water partition coefficient (Wildman–Crippen LogP) is 2.34. The van der Waals surface area contributed by atoms with E-state index in [9.17, 15) is 9.59 Å². The molecule has 0 spiro atoms. The third kappa shape index (κ3) is 4.14. The van der Waals surface area contributed by atoms with Gasteiger partial charge in [0, 0.05) is 44.4 Å². The number of aromatic amines is 1. The first kappa shape index (κ1) is 18.4. The molecular formula is C18H19N5O4S.